The number of pyridine rings is 2. The van der Waals surface area contributed by atoms with Gasteiger partial charge in [0.1, 0.15) is 5.82 Å². The van der Waals surface area contributed by atoms with Gasteiger partial charge in [0, 0.05) is 12.4 Å². The molecule has 0 aliphatic heterocycles. The quantitative estimate of drug-likeness (QED) is 0.831. The maximum atomic E-state index is 11.9. The van der Waals surface area contributed by atoms with Crippen LogP contribution < -0.4 is 10.2 Å². The van der Waals surface area contributed by atoms with Crippen LogP contribution in [0.4, 0.5) is 16.3 Å². The summed E-state index contributed by atoms with van der Waals surface area (Å²) in [5.41, 5.74) is 0.505. The third kappa shape index (κ3) is 2.67. The number of imide groups is 1. The summed E-state index contributed by atoms with van der Waals surface area (Å²) in [6, 6.07) is 7.73. The Morgan fingerprint density at radius 2 is 2.11 bits per heavy atom. The van der Waals surface area contributed by atoms with Crippen LogP contribution in [0.1, 0.15) is 0 Å². The molecule has 0 aliphatic rings. The summed E-state index contributed by atoms with van der Waals surface area (Å²) < 4.78 is 0. The van der Waals surface area contributed by atoms with E-state index in [1.165, 1.54) is 12.4 Å². The molecule has 2 aromatic heterocycles. The van der Waals surface area contributed by atoms with Crippen LogP contribution in [-0.4, -0.2) is 22.4 Å². The lowest BCUT2D eigenvalue weighted by molar-refractivity contribution is -0.106. The van der Waals surface area contributed by atoms with Crippen molar-refractivity contribution in [3.8, 4) is 0 Å². The molecule has 0 bridgehead atoms. The molecule has 0 saturated carbocycles. The number of nitrogens with one attached hydrogen (secondary N) is 1. The Morgan fingerprint density at radius 3 is 2.72 bits per heavy atom. The van der Waals surface area contributed by atoms with Crippen molar-refractivity contribution in [1.82, 2.24) is 9.97 Å². The molecule has 2 rings (SSSR count). The van der Waals surface area contributed by atoms with Crippen LogP contribution in [0, 0.1) is 0 Å². The molecular weight excluding hydrogens is 232 g/mol. The second-order valence-electron chi connectivity index (χ2n) is 3.34. The molecule has 0 atom stereocenters. The number of anilines is 2. The Hall–Kier alpha value is -2.76. The summed E-state index contributed by atoms with van der Waals surface area (Å²) >= 11 is 0. The highest BCUT2D eigenvalue weighted by molar-refractivity contribution is 6.11. The minimum atomic E-state index is -0.586. The van der Waals surface area contributed by atoms with Gasteiger partial charge in [-0.15, -0.1) is 0 Å². The van der Waals surface area contributed by atoms with Gasteiger partial charge in [-0.2, -0.15) is 0 Å². The maximum Gasteiger partial charge on any atom is 0.334 e. The Morgan fingerprint density at radius 1 is 1.22 bits per heavy atom. The average Bonchev–Trinajstić information content (AvgIpc) is 2.42. The predicted octanol–water partition coefficient (Wildman–Crippen LogP) is 1.67. The molecule has 1 N–H and O–H groups in total. The monoisotopic (exact) mass is 242 g/mol. The van der Waals surface area contributed by atoms with Gasteiger partial charge < -0.3 is 5.32 Å². The molecule has 3 amide bonds. The number of hydrogen-bond acceptors (Lipinski definition) is 4. The van der Waals surface area contributed by atoms with Crippen molar-refractivity contribution in [3.05, 3.63) is 48.9 Å². The van der Waals surface area contributed by atoms with E-state index in [0.29, 0.717) is 12.1 Å². The van der Waals surface area contributed by atoms with Crippen molar-refractivity contribution in [2.75, 3.05) is 10.2 Å². The standard InChI is InChI=1S/C12H10N4O2/c17-9-16(11-5-1-2-7-14-11)12(18)15-10-4-3-6-13-8-10/h1-9H,(H,15,18). The van der Waals surface area contributed by atoms with E-state index in [1.54, 1.807) is 36.5 Å². The van der Waals surface area contributed by atoms with Crippen molar-refractivity contribution < 1.29 is 9.59 Å². The first-order chi connectivity index (χ1) is 8.81. The van der Waals surface area contributed by atoms with Crippen LogP contribution in [-0.2, 0) is 4.79 Å². The Labute approximate surface area is 103 Å². The van der Waals surface area contributed by atoms with Gasteiger partial charge >= 0.3 is 6.03 Å². The number of carbonyl (C=O) groups is 2. The van der Waals surface area contributed by atoms with Crippen molar-refractivity contribution in [2.24, 2.45) is 0 Å². The van der Waals surface area contributed by atoms with Gasteiger partial charge in [-0.05, 0) is 24.3 Å². The summed E-state index contributed by atoms with van der Waals surface area (Å²) in [7, 11) is 0. The fraction of sp³-hybridized carbons (Fsp3) is 0. The van der Waals surface area contributed by atoms with Crippen LogP contribution in [0.5, 0.6) is 0 Å². The van der Waals surface area contributed by atoms with E-state index in [9.17, 15) is 9.59 Å². The smallest absolute Gasteiger partial charge is 0.306 e. The molecule has 0 aromatic carbocycles. The van der Waals surface area contributed by atoms with Crippen LogP contribution >= 0.6 is 0 Å². The summed E-state index contributed by atoms with van der Waals surface area (Å²) in [6.07, 6.45) is 4.99. The highest BCUT2D eigenvalue weighted by Crippen LogP contribution is 2.10. The highest BCUT2D eigenvalue weighted by Gasteiger charge is 2.15. The van der Waals surface area contributed by atoms with E-state index in [2.05, 4.69) is 15.3 Å². The second kappa shape index (κ2) is 5.53. The van der Waals surface area contributed by atoms with Crippen LogP contribution in [0.25, 0.3) is 0 Å². The normalized spacial score (nSPS) is 9.56. The average molecular weight is 242 g/mol. The minimum absolute atomic E-state index is 0.258. The molecule has 6 nitrogen and oxygen atoms in total. The molecule has 0 spiro atoms. The third-order valence-corrected chi connectivity index (χ3v) is 2.13. The van der Waals surface area contributed by atoms with Gasteiger partial charge in [-0.3, -0.25) is 9.78 Å². The molecule has 0 radical (unpaired) electrons. The van der Waals surface area contributed by atoms with E-state index >= 15 is 0 Å². The number of urea groups is 1. The Bertz CT molecular complexity index is 530. The molecule has 6 heteroatoms. The second-order valence-corrected chi connectivity index (χ2v) is 3.34. The van der Waals surface area contributed by atoms with Crippen molar-refractivity contribution in [2.45, 2.75) is 0 Å². The predicted molar refractivity (Wildman–Crippen MR) is 66.0 cm³/mol. The molecule has 0 saturated heterocycles. The zero-order valence-electron chi connectivity index (χ0n) is 9.35. The molecule has 0 unspecified atom stereocenters. The minimum Gasteiger partial charge on any atom is -0.306 e. The van der Waals surface area contributed by atoms with E-state index in [4.69, 9.17) is 0 Å². The third-order valence-electron chi connectivity index (χ3n) is 2.13. The van der Waals surface area contributed by atoms with Gasteiger partial charge in [-0.25, -0.2) is 14.7 Å². The van der Waals surface area contributed by atoms with Crippen LogP contribution in [0.15, 0.2) is 48.9 Å². The van der Waals surface area contributed by atoms with E-state index in [0.717, 1.165) is 4.90 Å². The van der Waals surface area contributed by atoms with Crippen molar-refractivity contribution in [3.63, 3.8) is 0 Å². The number of aromatic nitrogens is 2. The fourth-order valence-corrected chi connectivity index (χ4v) is 1.32. The highest BCUT2D eigenvalue weighted by atomic mass is 16.2. The first kappa shape index (κ1) is 11.7. The van der Waals surface area contributed by atoms with Gasteiger partial charge in [0.15, 0.2) is 0 Å². The summed E-state index contributed by atoms with van der Waals surface area (Å²) in [5.74, 6) is 0.258. The largest absolute Gasteiger partial charge is 0.334 e. The SMILES string of the molecule is O=CN(C(=O)Nc1cccnc1)c1ccccn1. The Kier molecular flexibility index (Phi) is 3.60. The van der Waals surface area contributed by atoms with Crippen molar-refractivity contribution >= 4 is 23.9 Å². The van der Waals surface area contributed by atoms with Gasteiger partial charge in [0.05, 0.1) is 11.9 Å². The van der Waals surface area contributed by atoms with E-state index < -0.39 is 6.03 Å². The molecular formula is C12H10N4O2. The first-order valence-electron chi connectivity index (χ1n) is 5.18. The summed E-state index contributed by atoms with van der Waals surface area (Å²) in [4.78, 5) is 31.5. The first-order valence-corrected chi connectivity index (χ1v) is 5.18. The van der Waals surface area contributed by atoms with Gasteiger partial charge in [0.25, 0.3) is 0 Å². The van der Waals surface area contributed by atoms with E-state index in [1.807, 2.05) is 0 Å². The number of carbonyl (C=O) groups excluding carboxylic acids is 2. The molecule has 0 fully saturated rings. The Balaban J connectivity index is 2.14. The summed E-state index contributed by atoms with van der Waals surface area (Å²) in [6.45, 7) is 0. The summed E-state index contributed by atoms with van der Waals surface area (Å²) in [5, 5.41) is 2.54. The van der Waals surface area contributed by atoms with E-state index in [-0.39, 0.29) is 5.82 Å². The molecule has 90 valence electrons. The number of rotatable bonds is 3. The van der Waals surface area contributed by atoms with Crippen LogP contribution in [0.2, 0.25) is 0 Å². The zero-order chi connectivity index (χ0) is 12.8. The lowest BCUT2D eigenvalue weighted by Crippen LogP contribution is -2.34. The maximum absolute atomic E-state index is 11.9. The molecule has 0 aliphatic carbocycles. The van der Waals surface area contributed by atoms with Gasteiger partial charge in [0.2, 0.25) is 6.41 Å². The molecule has 2 heterocycles. The van der Waals surface area contributed by atoms with Crippen LogP contribution in [0.3, 0.4) is 0 Å². The molecule has 18 heavy (non-hydrogen) atoms. The molecule has 2 aromatic rings. The van der Waals surface area contributed by atoms with Gasteiger partial charge in [-0.1, -0.05) is 6.07 Å². The number of amides is 3. The fourth-order valence-electron chi connectivity index (χ4n) is 1.32. The lowest BCUT2D eigenvalue weighted by Gasteiger charge is -2.14. The number of nitrogens with zero attached hydrogens (tertiary/aromatic N) is 3. The topological polar surface area (TPSA) is 75.2 Å². The lowest BCUT2D eigenvalue weighted by atomic mass is 10.4. The van der Waals surface area contributed by atoms with Crippen molar-refractivity contribution in [1.29, 1.82) is 0 Å². The number of hydrogen-bond donors (Lipinski definition) is 1. The zero-order valence-corrected chi connectivity index (χ0v) is 9.35.